The topological polar surface area (TPSA) is 121 Å². The average Bonchev–Trinajstić information content (AvgIpc) is 3.43. The van der Waals surface area contributed by atoms with Crippen LogP contribution in [0.3, 0.4) is 0 Å². The Morgan fingerprint density at radius 3 is 2.34 bits per heavy atom. The number of carbonyl (C=O) groups excluding carboxylic acids is 3. The first-order valence-electron chi connectivity index (χ1n) is 13.9. The summed E-state index contributed by atoms with van der Waals surface area (Å²) in [5.74, 6) is -0.504. The smallest absolute Gasteiger partial charge is 0.408 e. The van der Waals surface area contributed by atoms with E-state index in [0.29, 0.717) is 25.8 Å². The van der Waals surface area contributed by atoms with E-state index in [1.165, 1.54) is 12.1 Å². The van der Waals surface area contributed by atoms with E-state index in [1.807, 2.05) is 48.5 Å². The molecule has 0 aliphatic carbocycles. The summed E-state index contributed by atoms with van der Waals surface area (Å²) in [6.45, 7) is 5.64. The summed E-state index contributed by atoms with van der Waals surface area (Å²) >= 11 is 0. The van der Waals surface area contributed by atoms with Gasteiger partial charge >= 0.3 is 6.09 Å². The van der Waals surface area contributed by atoms with Crippen molar-refractivity contribution in [3.05, 3.63) is 95.8 Å². The molecule has 41 heavy (non-hydrogen) atoms. The second-order valence-corrected chi connectivity index (χ2v) is 11.3. The summed E-state index contributed by atoms with van der Waals surface area (Å²) in [5.41, 5.74) is 1.79. The van der Waals surface area contributed by atoms with Crippen molar-refractivity contribution >= 4 is 17.9 Å². The molecule has 2 unspecified atom stereocenters. The largest absolute Gasteiger partial charge is 0.508 e. The summed E-state index contributed by atoms with van der Waals surface area (Å²) in [7, 11) is 0. The maximum Gasteiger partial charge on any atom is 0.408 e. The van der Waals surface area contributed by atoms with Crippen LogP contribution in [0.15, 0.2) is 79.0 Å². The van der Waals surface area contributed by atoms with Crippen molar-refractivity contribution in [2.75, 3.05) is 6.54 Å². The number of likely N-dealkylation sites (tertiary alicyclic amines) is 1. The lowest BCUT2D eigenvalue weighted by Crippen LogP contribution is -2.55. The Balaban J connectivity index is 1.53. The lowest BCUT2D eigenvalue weighted by atomic mass is 10.0. The van der Waals surface area contributed by atoms with Gasteiger partial charge in [-0.2, -0.15) is 0 Å². The fraction of sp³-hybridized carbons (Fsp3) is 0.375. The molecule has 9 nitrogen and oxygen atoms in total. The number of ether oxygens (including phenoxy) is 1. The highest BCUT2D eigenvalue weighted by molar-refractivity contribution is 5.92. The van der Waals surface area contributed by atoms with Gasteiger partial charge in [0.25, 0.3) is 0 Å². The van der Waals surface area contributed by atoms with E-state index in [2.05, 4.69) is 15.6 Å². The minimum atomic E-state index is -0.957. The molecule has 3 aromatic rings. The van der Waals surface area contributed by atoms with Gasteiger partial charge in [-0.3, -0.25) is 14.6 Å². The van der Waals surface area contributed by atoms with Crippen LogP contribution in [0.2, 0.25) is 0 Å². The molecule has 216 valence electrons. The van der Waals surface area contributed by atoms with Crippen molar-refractivity contribution in [1.82, 2.24) is 20.5 Å². The fourth-order valence-electron chi connectivity index (χ4n) is 4.95. The van der Waals surface area contributed by atoms with Gasteiger partial charge in [0.1, 0.15) is 23.4 Å². The minimum absolute atomic E-state index is 0.103. The average molecular weight is 559 g/mol. The quantitative estimate of drug-likeness (QED) is 0.360. The number of rotatable bonds is 9. The number of phenolic OH excluding ortho intramolecular Hbond substituents is 1. The SMILES string of the molecule is CC(C)(C)OC(=O)NC(Cc1ccc(O)cc1)C(=O)N1CCC[C@H]1C(=O)NC(Cc1ccccn1)c1ccccc1. The lowest BCUT2D eigenvalue weighted by Gasteiger charge is -2.30. The number of hydrogen-bond donors (Lipinski definition) is 3. The highest BCUT2D eigenvalue weighted by Crippen LogP contribution is 2.23. The molecule has 3 N–H and O–H groups in total. The van der Waals surface area contributed by atoms with E-state index in [-0.39, 0.29) is 30.0 Å². The number of amides is 3. The number of phenols is 1. The molecule has 1 saturated heterocycles. The maximum absolute atomic E-state index is 13.9. The second-order valence-electron chi connectivity index (χ2n) is 11.3. The molecular formula is C32H38N4O5. The highest BCUT2D eigenvalue weighted by atomic mass is 16.6. The predicted octanol–water partition coefficient (Wildman–Crippen LogP) is 4.31. The zero-order chi connectivity index (χ0) is 29.4. The molecule has 0 saturated carbocycles. The van der Waals surface area contributed by atoms with Gasteiger partial charge < -0.3 is 25.4 Å². The Morgan fingerprint density at radius 1 is 0.976 bits per heavy atom. The molecule has 1 fully saturated rings. The van der Waals surface area contributed by atoms with Gasteiger partial charge in [-0.25, -0.2) is 4.79 Å². The number of carbonyl (C=O) groups is 3. The molecule has 2 aromatic carbocycles. The molecule has 3 atom stereocenters. The van der Waals surface area contributed by atoms with Crippen molar-refractivity contribution < 1.29 is 24.2 Å². The van der Waals surface area contributed by atoms with Crippen LogP contribution in [-0.2, 0) is 27.2 Å². The van der Waals surface area contributed by atoms with Gasteiger partial charge in [-0.05, 0) is 69.0 Å². The molecule has 9 heteroatoms. The van der Waals surface area contributed by atoms with E-state index < -0.39 is 23.8 Å². The number of aromatic hydroxyl groups is 1. The molecule has 1 aliphatic rings. The van der Waals surface area contributed by atoms with Crippen LogP contribution in [0, 0.1) is 0 Å². The van der Waals surface area contributed by atoms with E-state index in [0.717, 1.165) is 16.8 Å². The summed E-state index contributed by atoms with van der Waals surface area (Å²) in [6.07, 6.45) is 2.87. The van der Waals surface area contributed by atoms with Crippen LogP contribution in [0.25, 0.3) is 0 Å². The van der Waals surface area contributed by atoms with Crippen LogP contribution in [-0.4, -0.2) is 57.1 Å². The van der Waals surface area contributed by atoms with E-state index >= 15 is 0 Å². The lowest BCUT2D eigenvalue weighted by molar-refractivity contribution is -0.140. The van der Waals surface area contributed by atoms with Crippen molar-refractivity contribution in [1.29, 1.82) is 0 Å². The fourth-order valence-corrected chi connectivity index (χ4v) is 4.95. The van der Waals surface area contributed by atoms with Gasteiger partial charge in [-0.1, -0.05) is 48.5 Å². The molecule has 0 radical (unpaired) electrons. The summed E-state index contributed by atoms with van der Waals surface area (Å²) in [6, 6.07) is 19.9. The van der Waals surface area contributed by atoms with E-state index in [4.69, 9.17) is 4.74 Å². The minimum Gasteiger partial charge on any atom is -0.508 e. The van der Waals surface area contributed by atoms with Crippen LogP contribution < -0.4 is 10.6 Å². The van der Waals surface area contributed by atoms with Gasteiger partial charge in [0, 0.05) is 31.3 Å². The molecule has 0 spiro atoms. The number of nitrogens with zero attached hydrogens (tertiary/aromatic N) is 2. The summed E-state index contributed by atoms with van der Waals surface area (Å²) < 4.78 is 5.42. The zero-order valence-corrected chi connectivity index (χ0v) is 23.7. The highest BCUT2D eigenvalue weighted by Gasteiger charge is 2.39. The normalized spacial score (nSPS) is 16.5. The number of aromatic nitrogens is 1. The van der Waals surface area contributed by atoms with Crippen LogP contribution >= 0.6 is 0 Å². The molecular weight excluding hydrogens is 520 g/mol. The summed E-state index contributed by atoms with van der Waals surface area (Å²) in [5, 5.41) is 15.6. The van der Waals surface area contributed by atoms with Crippen LogP contribution in [0.4, 0.5) is 4.79 Å². The Morgan fingerprint density at radius 2 is 1.68 bits per heavy atom. The maximum atomic E-state index is 13.9. The Kier molecular flexibility index (Phi) is 9.60. The van der Waals surface area contributed by atoms with E-state index in [9.17, 15) is 19.5 Å². The first-order chi connectivity index (χ1) is 19.6. The van der Waals surface area contributed by atoms with Gasteiger partial charge in [0.05, 0.1) is 6.04 Å². The summed E-state index contributed by atoms with van der Waals surface area (Å²) in [4.78, 5) is 46.3. The zero-order valence-electron chi connectivity index (χ0n) is 23.7. The number of hydrogen-bond acceptors (Lipinski definition) is 6. The molecule has 3 amide bonds. The number of alkyl carbamates (subject to hydrolysis) is 1. The molecule has 1 aromatic heterocycles. The number of pyridine rings is 1. The van der Waals surface area contributed by atoms with Crippen LogP contribution in [0.1, 0.15) is 56.5 Å². The molecule has 2 heterocycles. The first-order valence-corrected chi connectivity index (χ1v) is 13.9. The third-order valence-electron chi connectivity index (χ3n) is 6.86. The molecule has 4 rings (SSSR count). The molecule has 0 bridgehead atoms. The third-order valence-corrected chi connectivity index (χ3v) is 6.86. The van der Waals surface area contributed by atoms with Crippen molar-refractivity contribution in [2.24, 2.45) is 0 Å². The van der Waals surface area contributed by atoms with Gasteiger partial charge in [0.2, 0.25) is 11.8 Å². The number of nitrogens with one attached hydrogen (secondary N) is 2. The van der Waals surface area contributed by atoms with Gasteiger partial charge in [0.15, 0.2) is 0 Å². The van der Waals surface area contributed by atoms with E-state index in [1.54, 1.807) is 44.0 Å². The van der Waals surface area contributed by atoms with Gasteiger partial charge in [-0.15, -0.1) is 0 Å². The molecule has 1 aliphatic heterocycles. The Hall–Kier alpha value is -4.40. The van der Waals surface area contributed by atoms with Crippen molar-refractivity contribution in [2.45, 2.75) is 70.2 Å². The monoisotopic (exact) mass is 558 g/mol. The first kappa shape index (κ1) is 29.6. The standard InChI is InChI=1S/C32H38N4O5/c1-32(2,3)41-31(40)35-27(20-22-14-16-25(37)17-15-22)30(39)36-19-9-13-28(36)29(38)34-26(23-10-5-4-6-11-23)21-24-12-7-8-18-33-24/h4-8,10-12,14-18,26-28,37H,9,13,19-21H2,1-3H3,(H,34,38)(H,35,40)/t26?,27?,28-/m0/s1. The van der Waals surface area contributed by atoms with Crippen molar-refractivity contribution in [3.63, 3.8) is 0 Å². The second kappa shape index (κ2) is 13.3. The Bertz CT molecular complexity index is 1310. The van der Waals surface area contributed by atoms with Crippen molar-refractivity contribution in [3.8, 4) is 5.75 Å². The third kappa shape index (κ3) is 8.54. The Labute approximate surface area is 240 Å². The predicted molar refractivity (Wildman–Crippen MR) is 155 cm³/mol. The van der Waals surface area contributed by atoms with Crippen LogP contribution in [0.5, 0.6) is 5.75 Å². The number of benzene rings is 2.